The van der Waals surface area contributed by atoms with Gasteiger partial charge in [-0.2, -0.15) is 4.98 Å². The summed E-state index contributed by atoms with van der Waals surface area (Å²) in [7, 11) is 0.000398. The zero-order valence-electron chi connectivity index (χ0n) is 23.0. The maximum atomic E-state index is 11.9. The Bertz CT molecular complexity index is 1410. The molecule has 0 atom stereocenters. The van der Waals surface area contributed by atoms with Crippen LogP contribution < -0.4 is 25.4 Å². The third kappa shape index (κ3) is 6.78. The summed E-state index contributed by atoms with van der Waals surface area (Å²) in [5, 5.41) is 11.6. The van der Waals surface area contributed by atoms with Gasteiger partial charge in [0.05, 0.1) is 17.7 Å². The second-order valence-corrected chi connectivity index (χ2v) is 11.7. The lowest BCUT2D eigenvalue weighted by molar-refractivity contribution is 0.0982. The third-order valence-electron chi connectivity index (χ3n) is 7.60. The molecule has 0 saturated carbocycles. The molecule has 12 nitrogen and oxygen atoms in total. The first-order valence-corrected chi connectivity index (χ1v) is 15.0. The van der Waals surface area contributed by atoms with Crippen molar-refractivity contribution in [3.05, 3.63) is 54.4 Å². The number of aromatic nitrogens is 3. The number of nitrogens with one attached hydrogen (secondary N) is 2. The van der Waals surface area contributed by atoms with Crippen LogP contribution in [0.2, 0.25) is 0 Å². The molecule has 4 N–H and O–H groups in total. The highest BCUT2D eigenvalue weighted by molar-refractivity contribution is 7.89. The molecule has 0 spiro atoms. The van der Waals surface area contributed by atoms with Crippen LogP contribution >= 0.6 is 0 Å². The van der Waals surface area contributed by atoms with E-state index in [1.807, 2.05) is 12.1 Å². The first-order valence-electron chi connectivity index (χ1n) is 13.5. The van der Waals surface area contributed by atoms with E-state index in [-0.39, 0.29) is 11.4 Å². The van der Waals surface area contributed by atoms with E-state index in [1.54, 1.807) is 25.3 Å². The minimum Gasteiger partial charge on any atom is -0.494 e. The largest absolute Gasteiger partial charge is 0.494 e. The number of likely N-dealkylation sites (N-methyl/N-ethyl adjacent to an activating group) is 1. The second kappa shape index (κ2) is 12.3. The zero-order chi connectivity index (χ0) is 28.1. The van der Waals surface area contributed by atoms with Gasteiger partial charge in [0, 0.05) is 63.6 Å². The van der Waals surface area contributed by atoms with E-state index in [4.69, 9.17) is 9.88 Å². The molecule has 13 heteroatoms. The molecule has 214 valence electrons. The minimum atomic E-state index is -3.84. The molecule has 40 heavy (non-hydrogen) atoms. The molecule has 0 bridgehead atoms. The van der Waals surface area contributed by atoms with Crippen molar-refractivity contribution in [3.8, 4) is 5.75 Å². The van der Waals surface area contributed by atoms with Gasteiger partial charge in [-0.15, -0.1) is 0 Å². The van der Waals surface area contributed by atoms with Gasteiger partial charge in [-0.1, -0.05) is 18.2 Å². The molecule has 1 aromatic heterocycles. The number of hydrogen-bond acceptors (Lipinski definition) is 11. The predicted molar refractivity (Wildman–Crippen MR) is 156 cm³/mol. The molecule has 2 fully saturated rings. The van der Waals surface area contributed by atoms with Crippen LogP contribution in [0.4, 0.5) is 23.3 Å². The van der Waals surface area contributed by atoms with Crippen molar-refractivity contribution in [2.75, 3.05) is 69.0 Å². The van der Waals surface area contributed by atoms with Crippen molar-refractivity contribution in [1.82, 2.24) is 24.8 Å². The summed E-state index contributed by atoms with van der Waals surface area (Å²) >= 11 is 0. The fourth-order valence-corrected chi connectivity index (χ4v) is 6.09. The summed E-state index contributed by atoms with van der Waals surface area (Å²) in [6, 6.07) is 13.3. The lowest BCUT2D eigenvalue weighted by Crippen LogP contribution is -2.52. The number of piperidine rings is 1. The van der Waals surface area contributed by atoms with E-state index in [0.717, 1.165) is 63.5 Å². The number of nitrogens with zero attached hydrogens (tertiary/aromatic N) is 6. The smallest absolute Gasteiger partial charge is 0.238 e. The van der Waals surface area contributed by atoms with Crippen molar-refractivity contribution in [3.63, 3.8) is 0 Å². The van der Waals surface area contributed by atoms with E-state index < -0.39 is 10.0 Å². The highest BCUT2D eigenvalue weighted by Gasteiger charge is 2.27. The van der Waals surface area contributed by atoms with Crippen molar-refractivity contribution in [1.29, 1.82) is 0 Å². The SMILES string of the molecule is COc1cc(N2CCC(N3CCN(C)CC3)CC2)ccc1Nc1ncnc(NCc2ccccc2S(N)(=O)=O)n1. The average molecular weight is 568 g/mol. The van der Waals surface area contributed by atoms with Crippen LogP contribution in [0.15, 0.2) is 53.7 Å². The Morgan fingerprint density at radius 1 is 1.00 bits per heavy atom. The molecule has 0 radical (unpaired) electrons. The summed E-state index contributed by atoms with van der Waals surface area (Å²) < 4.78 is 29.5. The molecule has 3 heterocycles. The topological polar surface area (TPSA) is 142 Å². The van der Waals surface area contributed by atoms with E-state index in [1.165, 1.54) is 12.4 Å². The van der Waals surface area contributed by atoms with Crippen LogP contribution in [-0.2, 0) is 16.6 Å². The van der Waals surface area contributed by atoms with Crippen molar-refractivity contribution in [2.24, 2.45) is 5.14 Å². The number of primary sulfonamides is 1. The van der Waals surface area contributed by atoms with Gasteiger partial charge < -0.3 is 25.2 Å². The number of sulfonamides is 1. The Balaban J connectivity index is 1.21. The number of benzene rings is 2. The van der Waals surface area contributed by atoms with Crippen molar-refractivity contribution in [2.45, 2.75) is 30.3 Å². The van der Waals surface area contributed by atoms with Gasteiger partial charge in [-0.3, -0.25) is 4.90 Å². The Kier molecular flexibility index (Phi) is 8.64. The molecule has 2 saturated heterocycles. The van der Waals surface area contributed by atoms with Crippen LogP contribution in [0.1, 0.15) is 18.4 Å². The standard InChI is InChI=1S/C27H37N9O3S/c1-34-13-15-36(16-14-34)21-9-11-35(12-10-21)22-7-8-23(24(17-22)39-2)32-27-31-19-30-26(33-27)29-18-20-5-3-4-6-25(20)40(28,37)38/h3-8,17,19,21H,9-16,18H2,1-2H3,(H2,28,37,38)(H2,29,30,31,32,33). The summed E-state index contributed by atoms with van der Waals surface area (Å²) in [5.41, 5.74) is 2.38. The molecule has 2 aromatic carbocycles. The maximum absolute atomic E-state index is 11.9. The van der Waals surface area contributed by atoms with Gasteiger partial charge in [-0.25, -0.2) is 23.5 Å². The van der Waals surface area contributed by atoms with Crippen LogP contribution in [0.3, 0.4) is 0 Å². The van der Waals surface area contributed by atoms with Crippen LogP contribution in [0.5, 0.6) is 5.75 Å². The lowest BCUT2D eigenvalue weighted by Gasteiger charge is -2.42. The monoisotopic (exact) mass is 567 g/mol. The van der Waals surface area contributed by atoms with Gasteiger partial charge in [0.15, 0.2) is 0 Å². The minimum absolute atomic E-state index is 0.0586. The number of methoxy groups -OCH3 is 1. The van der Waals surface area contributed by atoms with E-state index in [9.17, 15) is 8.42 Å². The second-order valence-electron chi connectivity index (χ2n) is 10.2. The molecule has 2 aliphatic rings. The quantitative estimate of drug-likeness (QED) is 0.350. The summed E-state index contributed by atoms with van der Waals surface area (Å²) in [6.07, 6.45) is 3.71. The Morgan fingerprint density at radius 2 is 1.73 bits per heavy atom. The first-order chi connectivity index (χ1) is 19.3. The van der Waals surface area contributed by atoms with Gasteiger partial charge >= 0.3 is 0 Å². The number of anilines is 4. The summed E-state index contributed by atoms with van der Waals surface area (Å²) in [4.78, 5) is 20.3. The molecule has 0 unspecified atom stereocenters. The van der Waals surface area contributed by atoms with Crippen LogP contribution in [-0.4, -0.2) is 92.6 Å². The number of rotatable bonds is 9. The number of ether oxygens (including phenoxy) is 1. The zero-order valence-corrected chi connectivity index (χ0v) is 23.8. The normalized spacial score (nSPS) is 17.5. The Hall–Kier alpha value is -3.52. The van der Waals surface area contributed by atoms with E-state index in [2.05, 4.69) is 53.4 Å². The maximum Gasteiger partial charge on any atom is 0.238 e. The lowest BCUT2D eigenvalue weighted by atomic mass is 10.0. The number of hydrogen-bond donors (Lipinski definition) is 3. The van der Waals surface area contributed by atoms with Crippen molar-refractivity contribution >= 4 is 33.3 Å². The number of nitrogens with two attached hydrogens (primary N) is 1. The van der Waals surface area contributed by atoms with Gasteiger partial charge in [0.25, 0.3) is 0 Å². The van der Waals surface area contributed by atoms with Crippen molar-refractivity contribution < 1.29 is 13.2 Å². The third-order valence-corrected chi connectivity index (χ3v) is 8.61. The predicted octanol–water partition coefficient (Wildman–Crippen LogP) is 2.10. The number of piperazine rings is 1. The fraction of sp³-hybridized carbons (Fsp3) is 0.444. The highest BCUT2D eigenvalue weighted by atomic mass is 32.2. The average Bonchev–Trinajstić information content (AvgIpc) is 2.97. The first kappa shape index (κ1) is 28.0. The fourth-order valence-electron chi connectivity index (χ4n) is 5.32. The van der Waals surface area contributed by atoms with Gasteiger partial charge in [0.2, 0.25) is 21.9 Å². The van der Waals surface area contributed by atoms with Crippen LogP contribution in [0.25, 0.3) is 0 Å². The highest BCUT2D eigenvalue weighted by Crippen LogP contribution is 2.33. The molecule has 2 aliphatic heterocycles. The molecular weight excluding hydrogens is 530 g/mol. The molecule has 0 amide bonds. The van der Waals surface area contributed by atoms with E-state index >= 15 is 0 Å². The Morgan fingerprint density at radius 3 is 2.45 bits per heavy atom. The van der Waals surface area contributed by atoms with Crippen LogP contribution in [0, 0.1) is 0 Å². The molecular formula is C27H37N9O3S. The summed E-state index contributed by atoms with van der Waals surface area (Å²) in [6.45, 7) is 6.83. The molecule has 3 aromatic rings. The molecule has 0 aliphatic carbocycles. The van der Waals surface area contributed by atoms with Gasteiger partial charge in [-0.05, 0) is 43.7 Å². The summed E-state index contributed by atoms with van der Waals surface area (Å²) in [5.74, 6) is 1.31. The molecule has 5 rings (SSSR count). The Labute approximate surface area is 235 Å². The van der Waals surface area contributed by atoms with E-state index in [0.29, 0.717) is 29.3 Å². The van der Waals surface area contributed by atoms with Gasteiger partial charge in [0.1, 0.15) is 12.1 Å².